The van der Waals surface area contributed by atoms with Gasteiger partial charge < -0.3 is 0 Å². The van der Waals surface area contributed by atoms with E-state index in [1.165, 1.54) is 0 Å². The van der Waals surface area contributed by atoms with Crippen LogP contribution in [0.4, 0.5) is 0 Å². The molecule has 0 bridgehead atoms. The van der Waals surface area contributed by atoms with Crippen LogP contribution in [0.5, 0.6) is 0 Å². The fraction of sp³-hybridized carbons (Fsp3) is 0.385. The predicted octanol–water partition coefficient (Wildman–Crippen LogP) is 0.928. The lowest BCUT2D eigenvalue weighted by atomic mass is 9.83. The molecule has 17 heavy (non-hydrogen) atoms. The van der Waals surface area contributed by atoms with Gasteiger partial charge in [-0.1, -0.05) is 43.7 Å². The van der Waals surface area contributed by atoms with E-state index in [0.29, 0.717) is 6.42 Å². The van der Waals surface area contributed by atoms with Gasteiger partial charge in [0, 0.05) is 0 Å². The SMILES string of the molecule is CCCC1(c2ccccc2)NCC(=O)NC1=O. The van der Waals surface area contributed by atoms with E-state index in [1.807, 2.05) is 37.3 Å². The minimum absolute atomic E-state index is 0.181. The molecule has 0 spiro atoms. The number of carbonyl (C=O) groups is 2. The van der Waals surface area contributed by atoms with Crippen LogP contribution in [-0.2, 0) is 15.1 Å². The van der Waals surface area contributed by atoms with E-state index >= 15 is 0 Å². The zero-order chi connectivity index (χ0) is 12.3. The van der Waals surface area contributed by atoms with Crippen molar-refractivity contribution in [2.45, 2.75) is 25.3 Å². The first-order valence-electron chi connectivity index (χ1n) is 5.84. The van der Waals surface area contributed by atoms with Gasteiger partial charge in [-0.3, -0.25) is 20.2 Å². The van der Waals surface area contributed by atoms with Crippen LogP contribution in [0.25, 0.3) is 0 Å². The summed E-state index contributed by atoms with van der Waals surface area (Å²) in [6, 6.07) is 9.54. The second kappa shape index (κ2) is 4.67. The van der Waals surface area contributed by atoms with E-state index in [2.05, 4.69) is 10.6 Å². The van der Waals surface area contributed by atoms with Crippen molar-refractivity contribution < 1.29 is 9.59 Å². The topological polar surface area (TPSA) is 58.2 Å². The van der Waals surface area contributed by atoms with Crippen molar-refractivity contribution in [1.29, 1.82) is 0 Å². The van der Waals surface area contributed by atoms with E-state index in [9.17, 15) is 9.59 Å². The Morgan fingerprint density at radius 3 is 2.53 bits per heavy atom. The predicted molar refractivity (Wildman–Crippen MR) is 64.2 cm³/mol. The summed E-state index contributed by atoms with van der Waals surface area (Å²) in [4.78, 5) is 23.3. The Hall–Kier alpha value is -1.68. The van der Waals surface area contributed by atoms with Crippen molar-refractivity contribution in [1.82, 2.24) is 10.6 Å². The standard InChI is InChI=1S/C13H16N2O2/c1-2-8-13(10-6-4-3-5-7-10)12(17)15-11(16)9-14-13/h3-7,14H,2,8-9H2,1H3,(H,15,16,17). The molecule has 1 saturated heterocycles. The second-order valence-electron chi connectivity index (χ2n) is 4.25. The lowest BCUT2D eigenvalue weighted by Crippen LogP contribution is -2.63. The highest BCUT2D eigenvalue weighted by Crippen LogP contribution is 2.28. The number of amides is 2. The van der Waals surface area contributed by atoms with Crippen LogP contribution in [0, 0.1) is 0 Å². The zero-order valence-corrected chi connectivity index (χ0v) is 9.82. The van der Waals surface area contributed by atoms with Crippen molar-refractivity contribution in [3.63, 3.8) is 0 Å². The Balaban J connectivity index is 2.39. The van der Waals surface area contributed by atoms with Crippen LogP contribution in [-0.4, -0.2) is 18.4 Å². The van der Waals surface area contributed by atoms with Crippen LogP contribution in [0.2, 0.25) is 0 Å². The highest BCUT2D eigenvalue weighted by atomic mass is 16.2. The van der Waals surface area contributed by atoms with E-state index in [-0.39, 0.29) is 18.4 Å². The molecule has 2 N–H and O–H groups in total. The van der Waals surface area contributed by atoms with Gasteiger partial charge in [-0.15, -0.1) is 0 Å². The number of piperazine rings is 1. The van der Waals surface area contributed by atoms with E-state index in [1.54, 1.807) is 0 Å². The summed E-state index contributed by atoms with van der Waals surface area (Å²) in [7, 11) is 0. The molecule has 1 fully saturated rings. The van der Waals surface area contributed by atoms with Crippen molar-refractivity contribution >= 4 is 11.8 Å². The molecule has 2 amide bonds. The number of imide groups is 1. The normalized spacial score (nSPS) is 24.5. The van der Waals surface area contributed by atoms with E-state index in [0.717, 1.165) is 12.0 Å². The average Bonchev–Trinajstić information content (AvgIpc) is 2.34. The monoisotopic (exact) mass is 232 g/mol. The molecule has 4 heteroatoms. The lowest BCUT2D eigenvalue weighted by Gasteiger charge is -2.36. The second-order valence-corrected chi connectivity index (χ2v) is 4.25. The molecule has 1 atom stereocenters. The molecular formula is C13H16N2O2. The molecular weight excluding hydrogens is 216 g/mol. The van der Waals surface area contributed by atoms with Crippen molar-refractivity contribution in [2.24, 2.45) is 0 Å². The third kappa shape index (κ3) is 2.08. The van der Waals surface area contributed by atoms with Gasteiger partial charge in [0.2, 0.25) is 5.91 Å². The molecule has 0 radical (unpaired) electrons. The van der Waals surface area contributed by atoms with Gasteiger partial charge in [0.1, 0.15) is 5.54 Å². The highest BCUT2D eigenvalue weighted by Gasteiger charge is 2.42. The number of rotatable bonds is 3. The summed E-state index contributed by atoms with van der Waals surface area (Å²) in [5, 5.41) is 5.50. The van der Waals surface area contributed by atoms with E-state index < -0.39 is 5.54 Å². The smallest absolute Gasteiger partial charge is 0.251 e. The maximum absolute atomic E-state index is 12.1. The lowest BCUT2D eigenvalue weighted by molar-refractivity contribution is -0.138. The van der Waals surface area contributed by atoms with Crippen LogP contribution >= 0.6 is 0 Å². The largest absolute Gasteiger partial charge is 0.293 e. The Morgan fingerprint density at radius 2 is 1.94 bits per heavy atom. The Bertz CT molecular complexity index is 430. The number of hydrogen-bond acceptors (Lipinski definition) is 3. The molecule has 1 aliphatic heterocycles. The summed E-state index contributed by atoms with van der Waals surface area (Å²) in [5.41, 5.74) is 0.149. The summed E-state index contributed by atoms with van der Waals surface area (Å²) in [6.45, 7) is 2.21. The molecule has 1 aromatic carbocycles. The van der Waals surface area contributed by atoms with Gasteiger partial charge >= 0.3 is 0 Å². The third-order valence-electron chi connectivity index (χ3n) is 3.08. The molecule has 1 aromatic rings. The summed E-state index contributed by atoms with van der Waals surface area (Å²) in [5.74, 6) is -0.514. The van der Waals surface area contributed by atoms with Gasteiger partial charge in [-0.05, 0) is 12.0 Å². The first-order valence-corrected chi connectivity index (χ1v) is 5.84. The minimum Gasteiger partial charge on any atom is -0.293 e. The average molecular weight is 232 g/mol. The van der Waals surface area contributed by atoms with Crippen molar-refractivity contribution in [3.05, 3.63) is 35.9 Å². The maximum atomic E-state index is 12.1. The van der Waals surface area contributed by atoms with Crippen LogP contribution in [0.15, 0.2) is 30.3 Å². The van der Waals surface area contributed by atoms with Crippen molar-refractivity contribution in [3.8, 4) is 0 Å². The molecule has 0 saturated carbocycles. The molecule has 0 aliphatic carbocycles. The fourth-order valence-corrected chi connectivity index (χ4v) is 2.27. The maximum Gasteiger partial charge on any atom is 0.251 e. The Kier molecular flexibility index (Phi) is 3.24. The first-order chi connectivity index (χ1) is 8.19. The molecule has 1 aliphatic rings. The number of benzene rings is 1. The van der Waals surface area contributed by atoms with Crippen LogP contribution in [0.1, 0.15) is 25.3 Å². The summed E-state index contributed by atoms with van der Waals surface area (Å²) < 4.78 is 0. The van der Waals surface area contributed by atoms with Gasteiger partial charge in [0.05, 0.1) is 6.54 Å². The number of nitrogens with one attached hydrogen (secondary N) is 2. The first kappa shape index (κ1) is 11.8. The number of carbonyl (C=O) groups excluding carboxylic acids is 2. The van der Waals surface area contributed by atoms with Gasteiger partial charge in [-0.25, -0.2) is 0 Å². The Morgan fingerprint density at radius 1 is 1.24 bits per heavy atom. The van der Waals surface area contributed by atoms with Crippen LogP contribution < -0.4 is 10.6 Å². The molecule has 0 aromatic heterocycles. The highest BCUT2D eigenvalue weighted by molar-refractivity contribution is 6.03. The number of hydrogen-bond donors (Lipinski definition) is 2. The van der Waals surface area contributed by atoms with E-state index in [4.69, 9.17) is 0 Å². The minimum atomic E-state index is -0.760. The van der Waals surface area contributed by atoms with Crippen LogP contribution in [0.3, 0.4) is 0 Å². The molecule has 1 unspecified atom stereocenters. The molecule has 4 nitrogen and oxygen atoms in total. The Labute approximate surface area is 100 Å². The summed E-state index contributed by atoms with van der Waals surface area (Å²) >= 11 is 0. The van der Waals surface area contributed by atoms with Crippen molar-refractivity contribution in [2.75, 3.05) is 6.54 Å². The molecule has 1 heterocycles. The fourth-order valence-electron chi connectivity index (χ4n) is 2.27. The molecule has 90 valence electrons. The quantitative estimate of drug-likeness (QED) is 0.762. The third-order valence-corrected chi connectivity index (χ3v) is 3.08. The summed E-state index contributed by atoms with van der Waals surface area (Å²) in [6.07, 6.45) is 1.54. The molecule has 2 rings (SSSR count). The van der Waals surface area contributed by atoms with Gasteiger partial charge in [-0.2, -0.15) is 0 Å². The van der Waals surface area contributed by atoms with Gasteiger partial charge in [0.25, 0.3) is 5.91 Å². The van der Waals surface area contributed by atoms with Gasteiger partial charge in [0.15, 0.2) is 0 Å². The zero-order valence-electron chi connectivity index (χ0n) is 9.82.